The highest BCUT2D eigenvalue weighted by Crippen LogP contribution is 2.38. The van der Waals surface area contributed by atoms with E-state index < -0.39 is 0 Å². The number of hydrogen-bond acceptors (Lipinski definition) is 5. The Bertz CT molecular complexity index is 1630. The van der Waals surface area contributed by atoms with E-state index in [0.717, 1.165) is 65.3 Å². The van der Waals surface area contributed by atoms with Crippen molar-refractivity contribution in [3.05, 3.63) is 142 Å². The van der Waals surface area contributed by atoms with Gasteiger partial charge in [0, 0.05) is 60.4 Å². The molecule has 0 saturated carbocycles. The number of nitrogens with one attached hydrogen (secondary N) is 1. The number of carbonyl (C=O) groups excluding carboxylic acids is 1. The number of nitrogens with zero attached hydrogens (tertiary/aromatic N) is 3. The first-order valence-corrected chi connectivity index (χ1v) is 16.1. The molecule has 3 aromatic rings. The van der Waals surface area contributed by atoms with Gasteiger partial charge in [0.2, 0.25) is 0 Å². The summed E-state index contributed by atoms with van der Waals surface area (Å²) in [6, 6.07) is 19.7. The van der Waals surface area contributed by atoms with Gasteiger partial charge in [-0.05, 0) is 96.8 Å². The molecule has 3 aliphatic heterocycles. The van der Waals surface area contributed by atoms with Gasteiger partial charge in [0.25, 0.3) is 5.91 Å². The van der Waals surface area contributed by atoms with Gasteiger partial charge in [-0.25, -0.2) is 0 Å². The van der Waals surface area contributed by atoms with Crippen molar-refractivity contribution in [2.75, 3.05) is 26.2 Å². The predicted octanol–water partition coefficient (Wildman–Crippen LogP) is 8.13. The van der Waals surface area contributed by atoms with Gasteiger partial charge in [-0.3, -0.25) is 9.78 Å². The Morgan fingerprint density at radius 1 is 0.978 bits per heavy atom. The smallest absolute Gasteiger partial charge is 0.294 e. The second-order valence-electron chi connectivity index (χ2n) is 10.8. The quantitative estimate of drug-likeness (QED) is 0.289. The fourth-order valence-electron chi connectivity index (χ4n) is 5.71. The molecule has 0 spiro atoms. The number of aromatic nitrogens is 1. The van der Waals surface area contributed by atoms with Gasteiger partial charge >= 0.3 is 0 Å². The van der Waals surface area contributed by atoms with Crippen molar-refractivity contribution in [1.82, 2.24) is 20.1 Å². The summed E-state index contributed by atoms with van der Waals surface area (Å²) < 4.78 is 6.46. The van der Waals surface area contributed by atoms with Crippen LogP contribution in [0.2, 0.25) is 5.02 Å². The highest BCUT2D eigenvalue weighted by Gasteiger charge is 2.33. The van der Waals surface area contributed by atoms with E-state index in [1.807, 2.05) is 86.5 Å². The first kappa shape index (κ1) is 32.0. The first-order chi connectivity index (χ1) is 22.1. The molecule has 3 aliphatic rings. The number of pyridine rings is 1. The van der Waals surface area contributed by atoms with Crippen molar-refractivity contribution in [2.24, 2.45) is 0 Å². The van der Waals surface area contributed by atoms with Crippen LogP contribution < -0.4 is 5.32 Å². The number of rotatable bonds is 7. The molecule has 0 bridgehead atoms. The average molecular weight is 621 g/mol. The van der Waals surface area contributed by atoms with Gasteiger partial charge in [-0.2, -0.15) is 0 Å². The van der Waals surface area contributed by atoms with E-state index in [1.165, 1.54) is 0 Å². The molecule has 1 aromatic heterocycles. The van der Waals surface area contributed by atoms with Gasteiger partial charge in [0.1, 0.15) is 5.76 Å². The van der Waals surface area contributed by atoms with Gasteiger partial charge in [0.05, 0.1) is 6.54 Å². The molecule has 1 amide bonds. The lowest BCUT2D eigenvalue weighted by atomic mass is 9.97. The van der Waals surface area contributed by atoms with E-state index >= 15 is 0 Å². The molecule has 0 aliphatic carbocycles. The lowest BCUT2D eigenvalue weighted by Gasteiger charge is -2.28. The summed E-state index contributed by atoms with van der Waals surface area (Å²) in [5, 5.41) is 4.07. The normalized spacial score (nSPS) is 17.2. The van der Waals surface area contributed by atoms with Crippen LogP contribution in [0.25, 0.3) is 16.9 Å². The molecule has 0 unspecified atom stereocenters. The zero-order chi connectivity index (χ0) is 31.6. The highest BCUT2D eigenvalue weighted by atomic mass is 35.5. The van der Waals surface area contributed by atoms with Crippen LogP contribution in [0.1, 0.15) is 44.7 Å². The standard InChI is InChI=1S/C36H35ClN4O2.C2H6/c1-2-6-33-27(16-20-40-21-18-38-19-22-40)23-28-12-15-34(26-10-13-31(37)14-11-26)43-35(28)36(42)41(33)25-30-7-3-4-9-32(30)29-8-5-17-39-24-29;1-2/h2-11,13-17,20,24,38H,12,18-19,21-23,25H2,1H3;1-2H3/b6-2-,20-16+;. The Labute approximate surface area is 272 Å². The first-order valence-electron chi connectivity index (χ1n) is 15.8. The molecule has 1 N–H and O–H groups in total. The number of allylic oxidation sites excluding steroid dienone is 6. The molecule has 0 atom stereocenters. The Morgan fingerprint density at radius 2 is 1.76 bits per heavy atom. The molecular formula is C38H41ClN4O2. The molecule has 6 rings (SSSR count). The van der Waals surface area contributed by atoms with Crippen molar-refractivity contribution < 1.29 is 9.53 Å². The van der Waals surface area contributed by atoms with E-state index in [9.17, 15) is 4.79 Å². The van der Waals surface area contributed by atoms with Crippen LogP contribution in [-0.4, -0.2) is 46.9 Å². The summed E-state index contributed by atoms with van der Waals surface area (Å²) >= 11 is 6.15. The minimum atomic E-state index is -0.144. The van der Waals surface area contributed by atoms with Crippen LogP contribution in [0.4, 0.5) is 0 Å². The second-order valence-corrected chi connectivity index (χ2v) is 11.2. The number of carbonyl (C=O) groups is 1. The largest absolute Gasteiger partial charge is 0.451 e. The van der Waals surface area contributed by atoms with Crippen LogP contribution in [0.5, 0.6) is 0 Å². The molecule has 232 valence electrons. The van der Waals surface area contributed by atoms with Crippen LogP contribution in [0, 0.1) is 0 Å². The summed E-state index contributed by atoms with van der Waals surface area (Å²) in [6.07, 6.45) is 15.4. The molecular weight excluding hydrogens is 580 g/mol. The number of piperazine rings is 1. The summed E-state index contributed by atoms with van der Waals surface area (Å²) in [5.74, 6) is 0.931. The fraction of sp³-hybridized carbons (Fsp3) is 0.263. The average Bonchev–Trinajstić information content (AvgIpc) is 3.20. The number of amides is 1. The Balaban J connectivity index is 0.00000196. The lowest BCUT2D eigenvalue weighted by Crippen LogP contribution is -2.40. The molecule has 45 heavy (non-hydrogen) atoms. The number of ether oxygens (including phenoxy) is 1. The van der Waals surface area contributed by atoms with Crippen molar-refractivity contribution in [3.8, 4) is 11.1 Å². The Kier molecular flexibility index (Phi) is 11.1. The fourth-order valence-corrected chi connectivity index (χ4v) is 5.84. The minimum absolute atomic E-state index is 0.144. The SMILES string of the molecule is C/C=C\C1=C(/C=C/N2CCNCC2)CC2=C(OC(c3ccc(Cl)cc3)=CC2)C(=O)N1Cc1ccccc1-c1cccnc1.CC. The third-order valence-electron chi connectivity index (χ3n) is 7.94. The molecule has 0 radical (unpaired) electrons. The van der Waals surface area contributed by atoms with Crippen LogP contribution >= 0.6 is 11.6 Å². The summed E-state index contributed by atoms with van der Waals surface area (Å²) in [5.41, 5.74) is 6.93. The predicted molar refractivity (Wildman–Crippen MR) is 184 cm³/mol. The molecule has 4 heterocycles. The molecule has 2 aromatic carbocycles. The van der Waals surface area contributed by atoms with Gasteiger partial charge < -0.3 is 19.9 Å². The van der Waals surface area contributed by atoms with Crippen molar-refractivity contribution in [3.63, 3.8) is 0 Å². The van der Waals surface area contributed by atoms with Crippen LogP contribution in [0.15, 0.2) is 126 Å². The zero-order valence-corrected chi connectivity index (χ0v) is 27.1. The maximum absolute atomic E-state index is 14.6. The molecule has 1 saturated heterocycles. The van der Waals surface area contributed by atoms with E-state index in [4.69, 9.17) is 16.3 Å². The van der Waals surface area contributed by atoms with Crippen LogP contribution in [0.3, 0.4) is 0 Å². The monoisotopic (exact) mass is 620 g/mol. The van der Waals surface area contributed by atoms with E-state index in [2.05, 4.69) is 51.8 Å². The third kappa shape index (κ3) is 7.64. The minimum Gasteiger partial charge on any atom is -0.451 e. The highest BCUT2D eigenvalue weighted by molar-refractivity contribution is 6.30. The Morgan fingerprint density at radius 3 is 2.49 bits per heavy atom. The second kappa shape index (κ2) is 15.6. The third-order valence-corrected chi connectivity index (χ3v) is 8.19. The van der Waals surface area contributed by atoms with Crippen molar-refractivity contribution in [1.29, 1.82) is 0 Å². The lowest BCUT2D eigenvalue weighted by molar-refractivity contribution is -0.128. The summed E-state index contributed by atoms with van der Waals surface area (Å²) in [7, 11) is 0. The molecule has 1 fully saturated rings. The summed E-state index contributed by atoms with van der Waals surface area (Å²) in [4.78, 5) is 23.1. The number of halogens is 1. The maximum Gasteiger partial charge on any atom is 0.294 e. The zero-order valence-electron chi connectivity index (χ0n) is 26.3. The Hall–Kier alpha value is -4.39. The molecule has 7 heteroatoms. The number of benzene rings is 2. The molecule has 6 nitrogen and oxygen atoms in total. The van der Waals surface area contributed by atoms with Gasteiger partial charge in [-0.15, -0.1) is 0 Å². The van der Waals surface area contributed by atoms with E-state index in [1.54, 1.807) is 6.20 Å². The van der Waals surface area contributed by atoms with E-state index in [-0.39, 0.29) is 5.91 Å². The topological polar surface area (TPSA) is 57.7 Å². The van der Waals surface area contributed by atoms with Crippen molar-refractivity contribution in [2.45, 2.75) is 40.2 Å². The van der Waals surface area contributed by atoms with E-state index in [0.29, 0.717) is 35.9 Å². The van der Waals surface area contributed by atoms with Gasteiger partial charge in [0.15, 0.2) is 5.76 Å². The van der Waals surface area contributed by atoms with Crippen LogP contribution in [-0.2, 0) is 16.1 Å². The summed E-state index contributed by atoms with van der Waals surface area (Å²) in [6.45, 7) is 10.2. The van der Waals surface area contributed by atoms with Crippen molar-refractivity contribution >= 4 is 23.3 Å². The number of hydrogen-bond donors (Lipinski definition) is 1. The van der Waals surface area contributed by atoms with Gasteiger partial charge in [-0.1, -0.05) is 61.9 Å². The maximum atomic E-state index is 14.6.